The van der Waals surface area contributed by atoms with Crippen molar-refractivity contribution in [2.45, 2.75) is 40.0 Å². The molecule has 0 amide bonds. The van der Waals surface area contributed by atoms with Gasteiger partial charge in [-0.15, -0.1) is 0 Å². The minimum absolute atomic E-state index is 0.371. The Labute approximate surface area is 152 Å². The highest BCUT2D eigenvalue weighted by atomic mass is 16.3. The summed E-state index contributed by atoms with van der Waals surface area (Å²) in [6.07, 6.45) is 1.26. The lowest BCUT2D eigenvalue weighted by molar-refractivity contribution is 0.208. The number of anilines is 3. The van der Waals surface area contributed by atoms with Gasteiger partial charge in [-0.25, -0.2) is 4.98 Å². The Morgan fingerprint density at radius 1 is 1.27 bits per heavy atom. The summed E-state index contributed by atoms with van der Waals surface area (Å²) in [5, 5.41) is 15.9. The first-order chi connectivity index (χ1) is 12.5. The second-order valence-electron chi connectivity index (χ2n) is 6.38. The predicted molar refractivity (Wildman–Crippen MR) is 104 cm³/mol. The molecule has 0 fully saturated rings. The Morgan fingerprint density at radius 2 is 2.08 bits per heavy atom. The fraction of sp³-hybridized carbons (Fsp3) is 0.389. The van der Waals surface area contributed by atoms with Crippen LogP contribution in [0.4, 0.5) is 17.5 Å². The third kappa shape index (κ3) is 3.85. The molecular weight excluding hydrogens is 330 g/mol. The third-order valence-corrected chi connectivity index (χ3v) is 4.11. The van der Waals surface area contributed by atoms with Crippen LogP contribution >= 0.6 is 0 Å². The molecule has 0 spiro atoms. The van der Waals surface area contributed by atoms with Gasteiger partial charge in [0.15, 0.2) is 17.0 Å². The lowest BCUT2D eigenvalue weighted by Crippen LogP contribution is -2.17. The number of aliphatic hydroxyl groups excluding tert-OH is 1. The van der Waals surface area contributed by atoms with Crippen molar-refractivity contribution in [3.05, 3.63) is 35.7 Å². The van der Waals surface area contributed by atoms with Crippen LogP contribution in [0.5, 0.6) is 0 Å². The molecule has 1 atom stereocenters. The van der Waals surface area contributed by atoms with Crippen molar-refractivity contribution < 1.29 is 5.11 Å². The van der Waals surface area contributed by atoms with Gasteiger partial charge in [0.2, 0.25) is 5.95 Å². The summed E-state index contributed by atoms with van der Waals surface area (Å²) in [5.74, 6) is 1.09. The van der Waals surface area contributed by atoms with E-state index in [1.165, 1.54) is 0 Å². The molecule has 8 nitrogen and oxygen atoms in total. The van der Waals surface area contributed by atoms with E-state index in [-0.39, 0.29) is 0 Å². The van der Waals surface area contributed by atoms with Crippen molar-refractivity contribution in [1.82, 2.24) is 19.5 Å². The van der Waals surface area contributed by atoms with Crippen LogP contribution in [0.2, 0.25) is 0 Å². The summed E-state index contributed by atoms with van der Waals surface area (Å²) in [6, 6.07) is 5.99. The Hall–Kier alpha value is -2.87. The lowest BCUT2D eigenvalue weighted by atomic mass is 10.1. The van der Waals surface area contributed by atoms with Crippen LogP contribution in [0, 0.1) is 6.92 Å². The molecule has 5 N–H and O–H groups in total. The molecule has 8 heteroatoms. The van der Waals surface area contributed by atoms with Gasteiger partial charge in [-0.1, -0.05) is 12.1 Å². The summed E-state index contributed by atoms with van der Waals surface area (Å²) < 4.78 is 1.95. The number of rotatable bonds is 7. The standard InChI is InChI=1S/C18H25N7O/c1-4-25-10-22-15-16(20-9-13-6-5-11(2)7-14(13)19)23-18(24-17(15)25)21-8-12(3)26/h5-7,10,12,26H,4,8-9,19H2,1-3H3,(H2,20,21,23,24). The van der Waals surface area contributed by atoms with Gasteiger partial charge in [0.1, 0.15) is 0 Å². The fourth-order valence-electron chi connectivity index (χ4n) is 2.67. The molecule has 26 heavy (non-hydrogen) atoms. The van der Waals surface area contributed by atoms with E-state index in [1.54, 1.807) is 13.3 Å². The monoisotopic (exact) mass is 355 g/mol. The highest BCUT2D eigenvalue weighted by Gasteiger charge is 2.13. The van der Waals surface area contributed by atoms with Gasteiger partial charge in [0.25, 0.3) is 0 Å². The van der Waals surface area contributed by atoms with Gasteiger partial charge in [-0.05, 0) is 38.0 Å². The smallest absolute Gasteiger partial charge is 0.226 e. The van der Waals surface area contributed by atoms with E-state index in [9.17, 15) is 5.11 Å². The number of fused-ring (bicyclic) bond motifs is 1. The summed E-state index contributed by atoms with van der Waals surface area (Å²) in [6.45, 7) is 7.42. The molecule has 0 bridgehead atoms. The maximum atomic E-state index is 9.50. The van der Waals surface area contributed by atoms with Crippen molar-refractivity contribution in [2.24, 2.45) is 0 Å². The normalized spacial score (nSPS) is 12.3. The Morgan fingerprint density at radius 3 is 2.77 bits per heavy atom. The number of nitrogens with two attached hydrogens (primary N) is 1. The van der Waals surface area contributed by atoms with Gasteiger partial charge in [0, 0.05) is 25.3 Å². The molecule has 138 valence electrons. The molecule has 3 aromatic rings. The average Bonchev–Trinajstić information content (AvgIpc) is 3.02. The number of nitrogens with zero attached hydrogens (tertiary/aromatic N) is 4. The molecule has 0 aliphatic carbocycles. The van der Waals surface area contributed by atoms with Gasteiger partial charge >= 0.3 is 0 Å². The van der Waals surface area contributed by atoms with Crippen molar-refractivity contribution in [2.75, 3.05) is 22.9 Å². The summed E-state index contributed by atoms with van der Waals surface area (Å²) in [4.78, 5) is 13.5. The number of aliphatic hydroxyl groups is 1. The van der Waals surface area contributed by atoms with Crippen molar-refractivity contribution >= 4 is 28.6 Å². The van der Waals surface area contributed by atoms with E-state index in [0.717, 1.165) is 29.0 Å². The molecule has 0 aliphatic heterocycles. The Bertz CT molecular complexity index is 904. The van der Waals surface area contributed by atoms with Gasteiger partial charge < -0.3 is 26.0 Å². The number of hydrogen-bond donors (Lipinski definition) is 4. The number of imidazole rings is 1. The van der Waals surface area contributed by atoms with Crippen LogP contribution in [0.25, 0.3) is 11.2 Å². The Kier molecular flexibility index (Phi) is 5.22. The van der Waals surface area contributed by atoms with Crippen LogP contribution in [-0.2, 0) is 13.1 Å². The molecule has 2 aromatic heterocycles. The quantitative estimate of drug-likeness (QED) is 0.480. The topological polar surface area (TPSA) is 114 Å². The first kappa shape index (κ1) is 17.9. The molecule has 1 unspecified atom stereocenters. The maximum absolute atomic E-state index is 9.50. The number of nitrogen functional groups attached to an aromatic ring is 1. The number of aryl methyl sites for hydroxylation is 2. The van der Waals surface area contributed by atoms with Gasteiger partial charge in [-0.2, -0.15) is 9.97 Å². The molecule has 0 saturated heterocycles. The zero-order valence-electron chi connectivity index (χ0n) is 15.3. The van der Waals surface area contributed by atoms with E-state index < -0.39 is 6.10 Å². The zero-order valence-corrected chi connectivity index (χ0v) is 15.3. The highest BCUT2D eigenvalue weighted by molar-refractivity contribution is 5.84. The Balaban J connectivity index is 1.91. The van der Waals surface area contributed by atoms with Crippen LogP contribution in [0.3, 0.4) is 0 Å². The van der Waals surface area contributed by atoms with Crippen LogP contribution in [-0.4, -0.2) is 37.3 Å². The minimum Gasteiger partial charge on any atom is -0.398 e. The summed E-state index contributed by atoms with van der Waals surface area (Å²) >= 11 is 0. The second-order valence-corrected chi connectivity index (χ2v) is 6.38. The van der Waals surface area contributed by atoms with E-state index >= 15 is 0 Å². The van der Waals surface area contributed by atoms with E-state index in [2.05, 4.69) is 25.6 Å². The predicted octanol–water partition coefficient (Wildman–Crippen LogP) is 2.14. The number of nitrogens with one attached hydrogen (secondary N) is 2. The number of aromatic nitrogens is 4. The maximum Gasteiger partial charge on any atom is 0.226 e. The summed E-state index contributed by atoms with van der Waals surface area (Å²) in [7, 11) is 0. The SMILES string of the molecule is CCn1cnc2c(NCc3ccc(C)cc3N)nc(NCC(C)O)nc21. The molecule has 0 radical (unpaired) electrons. The van der Waals surface area contributed by atoms with Crippen molar-refractivity contribution in [1.29, 1.82) is 0 Å². The molecule has 0 aliphatic rings. The minimum atomic E-state index is -0.492. The van der Waals surface area contributed by atoms with Crippen LogP contribution < -0.4 is 16.4 Å². The third-order valence-electron chi connectivity index (χ3n) is 4.11. The van der Waals surface area contributed by atoms with Crippen molar-refractivity contribution in [3.8, 4) is 0 Å². The van der Waals surface area contributed by atoms with Gasteiger partial charge in [0.05, 0.1) is 12.4 Å². The largest absolute Gasteiger partial charge is 0.398 e. The number of benzene rings is 1. The van der Waals surface area contributed by atoms with E-state index in [1.807, 2.05) is 36.6 Å². The lowest BCUT2D eigenvalue weighted by Gasteiger charge is -2.12. The molecule has 3 rings (SSSR count). The molecule has 1 aromatic carbocycles. The van der Waals surface area contributed by atoms with Gasteiger partial charge in [-0.3, -0.25) is 0 Å². The van der Waals surface area contributed by atoms with E-state index in [4.69, 9.17) is 5.73 Å². The molecular formula is C18H25N7O. The number of hydrogen-bond acceptors (Lipinski definition) is 7. The molecule has 0 saturated carbocycles. The van der Waals surface area contributed by atoms with E-state index in [0.29, 0.717) is 30.4 Å². The average molecular weight is 355 g/mol. The highest BCUT2D eigenvalue weighted by Crippen LogP contribution is 2.22. The zero-order chi connectivity index (χ0) is 18.7. The first-order valence-corrected chi connectivity index (χ1v) is 8.71. The molecule has 2 heterocycles. The van der Waals surface area contributed by atoms with Crippen molar-refractivity contribution in [3.63, 3.8) is 0 Å². The first-order valence-electron chi connectivity index (χ1n) is 8.71. The van der Waals surface area contributed by atoms with Crippen LogP contribution in [0.15, 0.2) is 24.5 Å². The fourth-order valence-corrected chi connectivity index (χ4v) is 2.67. The second kappa shape index (κ2) is 7.57. The van der Waals surface area contributed by atoms with Crippen LogP contribution in [0.1, 0.15) is 25.0 Å². The summed E-state index contributed by atoms with van der Waals surface area (Å²) in [5.41, 5.74) is 10.4.